The van der Waals surface area contributed by atoms with Crippen LogP contribution >= 0.6 is 11.8 Å². The number of hydrogen-bond donors (Lipinski definition) is 1. The number of carbonyl (C=O) groups is 3. The molecule has 2 heterocycles. The summed E-state index contributed by atoms with van der Waals surface area (Å²) in [4.78, 5) is 34.0. The summed E-state index contributed by atoms with van der Waals surface area (Å²) in [5.41, 5.74) is 0.0175. The number of carbonyl (C=O) groups excluding carboxylic acids is 3. The third-order valence-corrected chi connectivity index (χ3v) is 3.33. The zero-order valence-electron chi connectivity index (χ0n) is 10.2. The minimum Gasteiger partial charge on any atom is -0.461 e. The lowest BCUT2D eigenvalue weighted by molar-refractivity contribution is -0.120. The van der Waals surface area contributed by atoms with Crippen molar-refractivity contribution in [3.8, 4) is 0 Å². The number of nitrogens with one attached hydrogen (secondary N) is 1. The Morgan fingerprint density at radius 1 is 1.58 bits per heavy atom. The van der Waals surface area contributed by atoms with E-state index in [0.29, 0.717) is 6.61 Å². The van der Waals surface area contributed by atoms with Gasteiger partial charge in [0.25, 0.3) is 11.1 Å². The van der Waals surface area contributed by atoms with E-state index in [9.17, 15) is 14.4 Å². The number of amides is 2. The number of rotatable bonds is 5. The van der Waals surface area contributed by atoms with Crippen LogP contribution in [0.25, 0.3) is 0 Å². The fourth-order valence-electron chi connectivity index (χ4n) is 1.39. The Bertz CT molecular complexity index is 515. The van der Waals surface area contributed by atoms with Crippen molar-refractivity contribution in [2.75, 3.05) is 6.61 Å². The van der Waals surface area contributed by atoms with Gasteiger partial charge in [-0.25, -0.2) is 9.48 Å². The van der Waals surface area contributed by atoms with Gasteiger partial charge in [0.05, 0.1) is 12.8 Å². The van der Waals surface area contributed by atoms with Gasteiger partial charge in [-0.05, 0) is 18.2 Å². The van der Waals surface area contributed by atoms with Crippen LogP contribution in [0, 0.1) is 0 Å². The summed E-state index contributed by atoms with van der Waals surface area (Å²) in [6.07, 6.45) is 2.99. The topological polar surface area (TPSA) is 103 Å². The second-order valence-electron chi connectivity index (χ2n) is 3.82. The summed E-state index contributed by atoms with van der Waals surface area (Å²) in [5.74, 6) is -1.07. The van der Waals surface area contributed by atoms with Crippen LogP contribution in [0.2, 0.25) is 0 Å². The highest BCUT2D eigenvalue weighted by atomic mass is 32.2. The van der Waals surface area contributed by atoms with Gasteiger partial charge < -0.3 is 4.74 Å². The molecule has 2 rings (SSSR count). The molecule has 102 valence electrons. The number of aromatic nitrogens is 3. The Labute approximate surface area is 112 Å². The lowest BCUT2D eigenvalue weighted by Gasteiger charge is -2.02. The maximum atomic E-state index is 11.6. The Morgan fingerprint density at radius 2 is 2.37 bits per heavy atom. The van der Waals surface area contributed by atoms with Crippen LogP contribution in [0.1, 0.15) is 35.6 Å². The molecular formula is C10H12N4O4S. The van der Waals surface area contributed by atoms with Crippen LogP contribution in [-0.2, 0) is 9.53 Å². The van der Waals surface area contributed by atoms with Gasteiger partial charge in [0.1, 0.15) is 0 Å². The first-order valence-electron chi connectivity index (χ1n) is 5.72. The Balaban J connectivity index is 2.01. The van der Waals surface area contributed by atoms with E-state index in [1.54, 1.807) is 0 Å². The Kier molecular flexibility index (Phi) is 4.15. The fourth-order valence-corrected chi connectivity index (χ4v) is 2.13. The minimum atomic E-state index is -0.822. The monoisotopic (exact) mass is 284 g/mol. The molecule has 0 spiro atoms. The quantitative estimate of drug-likeness (QED) is 0.627. The Hall–Kier alpha value is -1.90. The fraction of sp³-hybridized carbons (Fsp3) is 0.500. The molecule has 0 saturated carbocycles. The van der Waals surface area contributed by atoms with Gasteiger partial charge in [-0.15, -0.1) is 5.10 Å². The van der Waals surface area contributed by atoms with Gasteiger partial charge in [0.2, 0.25) is 0 Å². The van der Waals surface area contributed by atoms with Crippen molar-refractivity contribution in [1.82, 2.24) is 20.3 Å². The van der Waals surface area contributed by atoms with Crippen molar-refractivity contribution in [2.45, 2.75) is 25.1 Å². The number of thioether (sulfide) groups is 1. The molecule has 1 unspecified atom stereocenters. The van der Waals surface area contributed by atoms with Gasteiger partial charge in [-0.2, -0.15) is 0 Å². The second-order valence-corrected chi connectivity index (χ2v) is 4.87. The predicted octanol–water partition coefficient (Wildman–Crippen LogP) is 0.717. The van der Waals surface area contributed by atoms with Crippen molar-refractivity contribution in [3.05, 3.63) is 11.9 Å². The number of nitrogens with zero attached hydrogens (tertiary/aromatic N) is 3. The van der Waals surface area contributed by atoms with Crippen molar-refractivity contribution in [1.29, 1.82) is 0 Å². The zero-order valence-corrected chi connectivity index (χ0v) is 11.0. The first-order chi connectivity index (χ1) is 9.11. The molecule has 1 aromatic heterocycles. The molecule has 1 saturated heterocycles. The molecule has 19 heavy (non-hydrogen) atoms. The maximum Gasteiger partial charge on any atom is 0.360 e. The standard InChI is InChI=1S/C10H12N4O4S/c1-2-3-4-18-9(16)6-5-14(13-12-6)8-7(15)11-10(17)19-8/h5,8H,2-4H2,1H3,(H,11,15,17). The molecule has 1 N–H and O–H groups in total. The summed E-state index contributed by atoms with van der Waals surface area (Å²) in [7, 11) is 0. The molecule has 1 aliphatic rings. The highest BCUT2D eigenvalue weighted by Crippen LogP contribution is 2.28. The summed E-state index contributed by atoms with van der Waals surface area (Å²) in [6, 6.07) is 0. The van der Waals surface area contributed by atoms with E-state index in [2.05, 4.69) is 15.6 Å². The molecule has 1 fully saturated rings. The lowest BCUT2D eigenvalue weighted by Crippen LogP contribution is -2.23. The van der Waals surface area contributed by atoms with Crippen LogP contribution in [0.4, 0.5) is 4.79 Å². The minimum absolute atomic E-state index is 0.0175. The molecule has 0 bridgehead atoms. The van der Waals surface area contributed by atoms with Crippen LogP contribution in [0.3, 0.4) is 0 Å². The van der Waals surface area contributed by atoms with Crippen LogP contribution in [0.5, 0.6) is 0 Å². The molecule has 1 atom stereocenters. The van der Waals surface area contributed by atoms with Crippen LogP contribution < -0.4 is 5.32 Å². The first-order valence-corrected chi connectivity index (χ1v) is 6.60. The SMILES string of the molecule is CCCCOC(=O)c1cn(C2SC(=O)NC2=O)nn1. The van der Waals surface area contributed by atoms with E-state index in [4.69, 9.17) is 4.74 Å². The second kappa shape index (κ2) is 5.83. The largest absolute Gasteiger partial charge is 0.461 e. The van der Waals surface area contributed by atoms with Gasteiger partial charge in [0, 0.05) is 0 Å². The van der Waals surface area contributed by atoms with Gasteiger partial charge in [-0.3, -0.25) is 14.9 Å². The highest BCUT2D eigenvalue weighted by molar-refractivity contribution is 8.14. The zero-order chi connectivity index (χ0) is 13.8. The smallest absolute Gasteiger partial charge is 0.360 e. The summed E-state index contributed by atoms with van der Waals surface area (Å²) in [6.45, 7) is 2.30. The molecular weight excluding hydrogens is 272 g/mol. The lowest BCUT2D eigenvalue weighted by atomic mass is 10.4. The number of hydrogen-bond acceptors (Lipinski definition) is 7. The van der Waals surface area contributed by atoms with Crippen molar-refractivity contribution in [3.63, 3.8) is 0 Å². The molecule has 0 aromatic carbocycles. The van der Waals surface area contributed by atoms with Crippen LogP contribution in [-0.4, -0.2) is 38.7 Å². The summed E-state index contributed by atoms with van der Waals surface area (Å²) < 4.78 is 6.13. The number of ether oxygens (including phenoxy) is 1. The van der Waals surface area contributed by atoms with E-state index in [1.165, 1.54) is 10.9 Å². The molecule has 2 amide bonds. The molecule has 1 aliphatic heterocycles. The van der Waals surface area contributed by atoms with E-state index >= 15 is 0 Å². The third-order valence-electron chi connectivity index (χ3n) is 2.36. The van der Waals surface area contributed by atoms with E-state index < -0.39 is 22.5 Å². The van der Waals surface area contributed by atoms with E-state index in [-0.39, 0.29) is 5.69 Å². The van der Waals surface area contributed by atoms with Gasteiger partial charge in [-0.1, -0.05) is 18.6 Å². The van der Waals surface area contributed by atoms with Gasteiger partial charge in [0.15, 0.2) is 11.1 Å². The predicted molar refractivity (Wildman–Crippen MR) is 65.4 cm³/mol. The van der Waals surface area contributed by atoms with Crippen molar-refractivity contribution >= 4 is 28.9 Å². The van der Waals surface area contributed by atoms with Crippen LogP contribution in [0.15, 0.2) is 6.20 Å². The average Bonchev–Trinajstić information content (AvgIpc) is 2.96. The number of unbranched alkanes of at least 4 members (excludes halogenated alkanes) is 1. The maximum absolute atomic E-state index is 11.6. The van der Waals surface area contributed by atoms with Gasteiger partial charge >= 0.3 is 5.97 Å². The Morgan fingerprint density at radius 3 is 3.00 bits per heavy atom. The van der Waals surface area contributed by atoms with Crippen molar-refractivity contribution in [2.24, 2.45) is 0 Å². The first kappa shape index (κ1) is 13.5. The number of esters is 1. The molecule has 1 aromatic rings. The summed E-state index contributed by atoms with van der Waals surface area (Å²) >= 11 is 0.782. The van der Waals surface area contributed by atoms with Crippen molar-refractivity contribution < 1.29 is 19.1 Å². The van der Waals surface area contributed by atoms with E-state index in [1.807, 2.05) is 6.92 Å². The molecule has 8 nitrogen and oxygen atoms in total. The van der Waals surface area contributed by atoms with E-state index in [0.717, 1.165) is 24.6 Å². The normalized spacial score (nSPS) is 18.5. The number of imide groups is 1. The molecule has 0 aliphatic carbocycles. The molecule has 9 heteroatoms. The molecule has 0 radical (unpaired) electrons. The highest BCUT2D eigenvalue weighted by Gasteiger charge is 2.34. The third kappa shape index (κ3) is 3.11. The summed E-state index contributed by atoms with van der Waals surface area (Å²) in [5, 5.41) is 8.15. The average molecular weight is 284 g/mol.